The van der Waals surface area contributed by atoms with E-state index >= 15 is 0 Å². The third kappa shape index (κ3) is 4.87. The molecule has 0 saturated heterocycles. The van der Waals surface area contributed by atoms with Crippen LogP contribution in [-0.4, -0.2) is 27.6 Å². The lowest BCUT2D eigenvalue weighted by Gasteiger charge is -2.21. The van der Waals surface area contributed by atoms with Gasteiger partial charge in [0.1, 0.15) is 5.75 Å². The quantitative estimate of drug-likeness (QED) is 0.470. The summed E-state index contributed by atoms with van der Waals surface area (Å²) in [5, 5.41) is 3.92. The van der Waals surface area contributed by atoms with Gasteiger partial charge in [-0.1, -0.05) is 18.9 Å². The normalized spacial score (nSPS) is 12.8. The SMILES string of the molecule is C#Cc1cnc2c(C)cc(OC(SC)C(=O)NC(CC)c3ccccn3)cc2c1. The van der Waals surface area contributed by atoms with Crippen LogP contribution in [0.3, 0.4) is 0 Å². The number of aryl methyl sites for hydroxylation is 1. The molecule has 0 radical (unpaired) electrons. The molecule has 0 bridgehead atoms. The Morgan fingerprint density at radius 2 is 2.14 bits per heavy atom. The Hall–Kier alpha value is -3.04. The second kappa shape index (κ2) is 9.44. The summed E-state index contributed by atoms with van der Waals surface area (Å²) in [6.07, 6.45) is 11.5. The zero-order valence-corrected chi connectivity index (χ0v) is 17.5. The molecule has 6 heteroatoms. The standard InChI is InChI=1S/C23H23N3O2S/c1-5-16-12-17-13-18(11-15(3)21(17)25-14-16)28-23(29-4)22(27)26-19(6-2)20-9-7-8-10-24-20/h1,7-14,19,23H,6H2,2-4H3,(H,26,27). The molecular weight excluding hydrogens is 382 g/mol. The van der Waals surface area contributed by atoms with Crippen LogP contribution >= 0.6 is 11.8 Å². The molecule has 2 heterocycles. The van der Waals surface area contributed by atoms with E-state index in [4.69, 9.17) is 11.2 Å². The number of carbonyl (C=O) groups is 1. The predicted molar refractivity (Wildman–Crippen MR) is 118 cm³/mol. The fourth-order valence-electron chi connectivity index (χ4n) is 3.08. The first-order chi connectivity index (χ1) is 14.0. The van der Waals surface area contributed by atoms with Gasteiger partial charge in [0.05, 0.1) is 17.3 Å². The van der Waals surface area contributed by atoms with Crippen molar-refractivity contribution < 1.29 is 9.53 Å². The number of nitrogens with zero attached hydrogens (tertiary/aromatic N) is 2. The summed E-state index contributed by atoms with van der Waals surface area (Å²) in [5.74, 6) is 3.01. The molecule has 2 aromatic heterocycles. The van der Waals surface area contributed by atoms with Crippen molar-refractivity contribution in [2.45, 2.75) is 31.7 Å². The van der Waals surface area contributed by atoms with Crippen molar-refractivity contribution in [2.24, 2.45) is 0 Å². The van der Waals surface area contributed by atoms with Gasteiger partial charge in [-0.25, -0.2) is 0 Å². The first-order valence-corrected chi connectivity index (χ1v) is 10.6. The highest BCUT2D eigenvalue weighted by Gasteiger charge is 2.23. The van der Waals surface area contributed by atoms with Crippen LogP contribution in [0.4, 0.5) is 0 Å². The van der Waals surface area contributed by atoms with E-state index in [0.29, 0.717) is 11.3 Å². The zero-order chi connectivity index (χ0) is 20.8. The van der Waals surface area contributed by atoms with E-state index in [9.17, 15) is 4.79 Å². The van der Waals surface area contributed by atoms with Crippen LogP contribution in [0, 0.1) is 19.3 Å². The van der Waals surface area contributed by atoms with Crippen LogP contribution in [-0.2, 0) is 4.79 Å². The van der Waals surface area contributed by atoms with Gasteiger partial charge >= 0.3 is 0 Å². The molecule has 148 valence electrons. The molecule has 0 spiro atoms. The van der Waals surface area contributed by atoms with Gasteiger partial charge < -0.3 is 10.1 Å². The molecule has 3 aromatic rings. The topological polar surface area (TPSA) is 64.1 Å². The molecule has 0 saturated carbocycles. The molecule has 1 N–H and O–H groups in total. The third-order valence-corrected chi connectivity index (χ3v) is 5.29. The van der Waals surface area contributed by atoms with Crippen LogP contribution in [0.2, 0.25) is 0 Å². The van der Waals surface area contributed by atoms with E-state index in [1.54, 1.807) is 12.4 Å². The Labute approximate surface area is 175 Å². The molecule has 3 rings (SSSR count). The average molecular weight is 406 g/mol. The van der Waals surface area contributed by atoms with E-state index in [-0.39, 0.29) is 11.9 Å². The summed E-state index contributed by atoms with van der Waals surface area (Å²) in [6, 6.07) is 11.2. The monoisotopic (exact) mass is 405 g/mol. The maximum Gasteiger partial charge on any atom is 0.272 e. The molecule has 0 aliphatic carbocycles. The number of fused-ring (bicyclic) bond motifs is 1. The number of benzene rings is 1. The number of carbonyl (C=O) groups excluding carboxylic acids is 1. The molecular formula is C23H23N3O2S. The summed E-state index contributed by atoms with van der Waals surface area (Å²) in [6.45, 7) is 3.97. The van der Waals surface area contributed by atoms with Gasteiger partial charge in [0.25, 0.3) is 5.91 Å². The van der Waals surface area contributed by atoms with Crippen LogP contribution < -0.4 is 10.1 Å². The van der Waals surface area contributed by atoms with Gasteiger partial charge in [0.15, 0.2) is 0 Å². The number of terminal acetylenes is 1. The van der Waals surface area contributed by atoms with Crippen molar-refractivity contribution in [3.05, 3.63) is 65.6 Å². The van der Waals surface area contributed by atoms with Crippen molar-refractivity contribution in [2.75, 3.05) is 6.26 Å². The highest BCUT2D eigenvalue weighted by atomic mass is 32.2. The molecule has 29 heavy (non-hydrogen) atoms. The number of nitrogens with one attached hydrogen (secondary N) is 1. The largest absolute Gasteiger partial charge is 0.470 e. The van der Waals surface area contributed by atoms with Crippen LogP contribution in [0.5, 0.6) is 5.75 Å². The van der Waals surface area contributed by atoms with Crippen LogP contribution in [0.25, 0.3) is 10.9 Å². The van der Waals surface area contributed by atoms with Crippen molar-refractivity contribution in [3.8, 4) is 18.1 Å². The lowest BCUT2D eigenvalue weighted by molar-refractivity contribution is -0.125. The van der Waals surface area contributed by atoms with Gasteiger partial charge in [-0.3, -0.25) is 14.8 Å². The Morgan fingerprint density at radius 3 is 2.79 bits per heavy atom. The fraction of sp³-hybridized carbons (Fsp3) is 0.261. The second-order valence-corrected chi connectivity index (χ2v) is 7.49. The molecule has 1 aromatic carbocycles. The molecule has 2 atom stereocenters. The average Bonchev–Trinajstić information content (AvgIpc) is 2.75. The van der Waals surface area contributed by atoms with Crippen molar-refractivity contribution in [1.82, 2.24) is 15.3 Å². The molecule has 5 nitrogen and oxygen atoms in total. The minimum atomic E-state index is -0.687. The highest BCUT2D eigenvalue weighted by molar-refractivity contribution is 7.99. The molecule has 0 fully saturated rings. The summed E-state index contributed by atoms with van der Waals surface area (Å²) in [5.41, 5.74) is 2.67. The van der Waals surface area contributed by atoms with Gasteiger partial charge in [0, 0.05) is 23.3 Å². The maximum absolute atomic E-state index is 12.8. The summed E-state index contributed by atoms with van der Waals surface area (Å²) in [7, 11) is 0. The molecule has 0 aliphatic heterocycles. The first kappa shape index (κ1) is 20.7. The van der Waals surface area contributed by atoms with Crippen LogP contribution in [0.15, 0.2) is 48.8 Å². The van der Waals surface area contributed by atoms with Crippen LogP contribution in [0.1, 0.15) is 36.2 Å². The number of rotatable bonds is 7. The Morgan fingerprint density at radius 1 is 1.31 bits per heavy atom. The minimum Gasteiger partial charge on any atom is -0.470 e. The van der Waals surface area contributed by atoms with Gasteiger partial charge in [0.2, 0.25) is 5.44 Å². The minimum absolute atomic E-state index is 0.164. The molecule has 0 aliphatic rings. The predicted octanol–water partition coefficient (Wildman–Crippen LogP) is 4.25. The molecule has 2 unspecified atom stereocenters. The van der Waals surface area contributed by atoms with Crippen molar-refractivity contribution in [1.29, 1.82) is 0 Å². The zero-order valence-electron chi connectivity index (χ0n) is 16.7. The third-order valence-electron chi connectivity index (χ3n) is 4.55. The van der Waals surface area contributed by atoms with E-state index in [1.807, 2.05) is 56.5 Å². The van der Waals surface area contributed by atoms with E-state index in [1.165, 1.54) is 11.8 Å². The number of amides is 1. The van der Waals surface area contributed by atoms with Gasteiger partial charge in [-0.05, 0) is 55.5 Å². The lowest BCUT2D eigenvalue weighted by Crippen LogP contribution is -2.38. The number of hydrogen-bond donors (Lipinski definition) is 1. The number of thioether (sulfide) groups is 1. The smallest absolute Gasteiger partial charge is 0.272 e. The summed E-state index contributed by atoms with van der Waals surface area (Å²) < 4.78 is 6.02. The number of aromatic nitrogens is 2. The maximum atomic E-state index is 12.8. The number of pyridine rings is 2. The van der Waals surface area contributed by atoms with E-state index < -0.39 is 5.44 Å². The van der Waals surface area contributed by atoms with Crippen molar-refractivity contribution >= 4 is 28.6 Å². The Balaban J connectivity index is 1.80. The summed E-state index contributed by atoms with van der Waals surface area (Å²) >= 11 is 1.34. The lowest BCUT2D eigenvalue weighted by atomic mass is 10.1. The van der Waals surface area contributed by atoms with Crippen molar-refractivity contribution in [3.63, 3.8) is 0 Å². The fourth-order valence-corrected chi connectivity index (χ4v) is 3.57. The van der Waals surface area contributed by atoms with Gasteiger partial charge in [-0.2, -0.15) is 0 Å². The number of hydrogen-bond acceptors (Lipinski definition) is 5. The highest BCUT2D eigenvalue weighted by Crippen LogP contribution is 2.27. The number of ether oxygens (including phenoxy) is 1. The Kier molecular flexibility index (Phi) is 6.73. The van der Waals surface area contributed by atoms with Gasteiger partial charge in [-0.15, -0.1) is 18.2 Å². The van der Waals surface area contributed by atoms with E-state index in [2.05, 4.69) is 21.2 Å². The Bertz CT molecular complexity index is 1050. The second-order valence-electron chi connectivity index (χ2n) is 6.59. The molecule has 1 amide bonds. The summed E-state index contributed by atoms with van der Waals surface area (Å²) in [4.78, 5) is 21.6. The first-order valence-electron chi connectivity index (χ1n) is 9.33. The van der Waals surface area contributed by atoms with E-state index in [0.717, 1.165) is 28.6 Å².